The number of H-pyrrole nitrogens is 1. The minimum atomic E-state index is 0.0599. The summed E-state index contributed by atoms with van der Waals surface area (Å²) < 4.78 is 5.72. The molecule has 4 nitrogen and oxygen atoms in total. The largest absolute Gasteiger partial charge is 0.508 e. The lowest BCUT2D eigenvalue weighted by atomic mass is 9.91. The zero-order valence-electron chi connectivity index (χ0n) is 16.4. The number of fused-ring (bicyclic) bond motifs is 3. The highest BCUT2D eigenvalue weighted by Crippen LogP contribution is 2.42. The van der Waals surface area contributed by atoms with Crippen molar-refractivity contribution in [3.8, 4) is 11.5 Å². The van der Waals surface area contributed by atoms with Gasteiger partial charge in [-0.25, -0.2) is 0 Å². The molecule has 0 amide bonds. The van der Waals surface area contributed by atoms with Gasteiger partial charge in [0.25, 0.3) is 0 Å². The quantitative estimate of drug-likeness (QED) is 0.519. The number of phenols is 1. The first-order valence-corrected chi connectivity index (χ1v) is 9.99. The summed E-state index contributed by atoms with van der Waals surface area (Å²) in [5, 5.41) is 11.2. The minimum absolute atomic E-state index is 0.0599. The van der Waals surface area contributed by atoms with E-state index in [9.17, 15) is 5.11 Å². The SMILES string of the molecule is COc1ccccc1[C@H]1c2[nH]c3ccccc3c2CCN1Cc1cccc(O)c1. The fraction of sp³-hybridized carbons (Fsp3) is 0.200. The molecule has 2 heterocycles. The molecule has 5 rings (SSSR count). The van der Waals surface area contributed by atoms with Crippen molar-refractivity contribution < 1.29 is 9.84 Å². The van der Waals surface area contributed by atoms with Crippen molar-refractivity contribution in [2.75, 3.05) is 13.7 Å². The number of aromatic amines is 1. The number of rotatable bonds is 4. The topological polar surface area (TPSA) is 48.5 Å². The zero-order chi connectivity index (χ0) is 19.8. The predicted molar refractivity (Wildman–Crippen MR) is 115 cm³/mol. The number of aromatic nitrogens is 1. The van der Waals surface area contributed by atoms with Gasteiger partial charge in [-0.3, -0.25) is 4.90 Å². The first-order chi connectivity index (χ1) is 14.2. The van der Waals surface area contributed by atoms with Gasteiger partial charge in [0.05, 0.1) is 13.2 Å². The normalized spacial score (nSPS) is 16.7. The Bertz CT molecular complexity index is 1160. The third-order valence-corrected chi connectivity index (χ3v) is 5.86. The summed E-state index contributed by atoms with van der Waals surface area (Å²) in [5.74, 6) is 1.20. The summed E-state index contributed by atoms with van der Waals surface area (Å²) in [5.41, 5.74) is 6.06. The van der Waals surface area contributed by atoms with Crippen LogP contribution in [0.2, 0.25) is 0 Å². The number of nitrogens with zero attached hydrogens (tertiary/aromatic N) is 1. The summed E-state index contributed by atoms with van der Waals surface area (Å²) in [6.07, 6.45) is 0.990. The Morgan fingerprint density at radius 3 is 2.72 bits per heavy atom. The number of hydrogen-bond acceptors (Lipinski definition) is 3. The van der Waals surface area contributed by atoms with Crippen molar-refractivity contribution in [1.29, 1.82) is 0 Å². The van der Waals surface area contributed by atoms with E-state index in [2.05, 4.69) is 52.3 Å². The van der Waals surface area contributed by atoms with Crippen LogP contribution in [0.15, 0.2) is 72.8 Å². The van der Waals surface area contributed by atoms with Gasteiger partial charge in [-0.1, -0.05) is 48.5 Å². The van der Waals surface area contributed by atoms with Crippen LogP contribution >= 0.6 is 0 Å². The van der Waals surface area contributed by atoms with Gasteiger partial charge in [0.15, 0.2) is 0 Å². The second-order valence-electron chi connectivity index (χ2n) is 7.60. The highest BCUT2D eigenvalue weighted by atomic mass is 16.5. The highest BCUT2D eigenvalue weighted by molar-refractivity contribution is 5.85. The molecular formula is C25H24N2O2. The van der Waals surface area contributed by atoms with Crippen LogP contribution in [0.5, 0.6) is 11.5 Å². The number of aromatic hydroxyl groups is 1. The van der Waals surface area contributed by atoms with Crippen LogP contribution in [0.1, 0.15) is 28.4 Å². The van der Waals surface area contributed by atoms with Crippen LogP contribution in [0.3, 0.4) is 0 Å². The van der Waals surface area contributed by atoms with Crippen LogP contribution in [0.4, 0.5) is 0 Å². The van der Waals surface area contributed by atoms with E-state index in [0.29, 0.717) is 5.75 Å². The van der Waals surface area contributed by atoms with E-state index in [1.54, 1.807) is 13.2 Å². The van der Waals surface area contributed by atoms with Crippen molar-refractivity contribution in [3.63, 3.8) is 0 Å². The third kappa shape index (κ3) is 3.15. The van der Waals surface area contributed by atoms with Gasteiger partial charge < -0.3 is 14.8 Å². The maximum Gasteiger partial charge on any atom is 0.124 e. The van der Waals surface area contributed by atoms with Crippen LogP contribution in [-0.4, -0.2) is 28.6 Å². The molecular weight excluding hydrogens is 360 g/mol. The maximum atomic E-state index is 9.92. The Kier molecular flexibility index (Phi) is 4.49. The second kappa shape index (κ2) is 7.30. The van der Waals surface area contributed by atoms with Gasteiger partial charge in [0, 0.05) is 35.2 Å². The van der Waals surface area contributed by atoms with Crippen LogP contribution < -0.4 is 4.74 Å². The van der Waals surface area contributed by atoms with Crippen LogP contribution in [0.25, 0.3) is 10.9 Å². The van der Waals surface area contributed by atoms with Crippen molar-refractivity contribution in [2.45, 2.75) is 19.0 Å². The van der Waals surface area contributed by atoms with E-state index in [-0.39, 0.29) is 6.04 Å². The number of para-hydroxylation sites is 2. The molecule has 0 spiro atoms. The molecule has 2 N–H and O–H groups in total. The Morgan fingerprint density at radius 2 is 1.86 bits per heavy atom. The Morgan fingerprint density at radius 1 is 1.03 bits per heavy atom. The molecule has 1 aliphatic heterocycles. The average molecular weight is 384 g/mol. The molecule has 3 aromatic carbocycles. The van der Waals surface area contributed by atoms with Gasteiger partial charge in [0.2, 0.25) is 0 Å². The van der Waals surface area contributed by atoms with E-state index >= 15 is 0 Å². The van der Waals surface area contributed by atoms with Crippen molar-refractivity contribution >= 4 is 10.9 Å². The molecule has 1 atom stereocenters. The lowest BCUT2D eigenvalue weighted by Gasteiger charge is -2.36. The predicted octanol–water partition coefficient (Wildman–Crippen LogP) is 5.03. The third-order valence-electron chi connectivity index (χ3n) is 5.86. The molecule has 0 radical (unpaired) electrons. The van der Waals surface area contributed by atoms with Gasteiger partial charge in [-0.2, -0.15) is 0 Å². The second-order valence-corrected chi connectivity index (χ2v) is 7.60. The molecule has 1 aromatic heterocycles. The molecule has 0 bridgehead atoms. The van der Waals surface area contributed by atoms with Crippen molar-refractivity contribution in [1.82, 2.24) is 9.88 Å². The number of benzene rings is 3. The summed E-state index contributed by atoms with van der Waals surface area (Å²) >= 11 is 0. The first kappa shape index (κ1) is 17.8. The van der Waals surface area contributed by atoms with Crippen LogP contribution in [0, 0.1) is 0 Å². The molecule has 0 unspecified atom stereocenters. The smallest absolute Gasteiger partial charge is 0.124 e. The average Bonchev–Trinajstić information content (AvgIpc) is 3.12. The molecule has 1 aliphatic rings. The van der Waals surface area contributed by atoms with E-state index < -0.39 is 0 Å². The monoisotopic (exact) mass is 384 g/mol. The van der Waals surface area contributed by atoms with Crippen molar-refractivity contribution in [3.05, 3.63) is 95.2 Å². The lowest BCUT2D eigenvalue weighted by Crippen LogP contribution is -2.35. The maximum absolute atomic E-state index is 9.92. The Labute approximate surface area is 170 Å². The van der Waals surface area contributed by atoms with Crippen LogP contribution in [-0.2, 0) is 13.0 Å². The molecule has 0 fully saturated rings. The van der Waals surface area contributed by atoms with E-state index in [4.69, 9.17) is 4.74 Å². The van der Waals surface area contributed by atoms with Crippen molar-refractivity contribution in [2.24, 2.45) is 0 Å². The Balaban J connectivity index is 1.65. The van der Waals surface area contributed by atoms with Gasteiger partial charge in [0.1, 0.15) is 11.5 Å². The summed E-state index contributed by atoms with van der Waals surface area (Å²) in [7, 11) is 1.73. The first-order valence-electron chi connectivity index (χ1n) is 9.99. The van der Waals surface area contributed by atoms with E-state index in [0.717, 1.165) is 36.4 Å². The van der Waals surface area contributed by atoms with Gasteiger partial charge in [-0.05, 0) is 41.8 Å². The zero-order valence-corrected chi connectivity index (χ0v) is 16.4. The van der Waals surface area contributed by atoms with E-state index in [1.165, 1.54) is 22.2 Å². The lowest BCUT2D eigenvalue weighted by molar-refractivity contribution is 0.198. The fourth-order valence-electron chi connectivity index (χ4n) is 4.59. The summed E-state index contributed by atoms with van der Waals surface area (Å²) in [6.45, 7) is 1.69. The number of methoxy groups -OCH3 is 1. The van der Waals surface area contributed by atoms with Gasteiger partial charge >= 0.3 is 0 Å². The molecule has 0 aliphatic carbocycles. The fourth-order valence-corrected chi connectivity index (χ4v) is 4.59. The molecule has 4 heteroatoms. The molecule has 0 saturated carbocycles. The molecule has 4 aromatic rings. The Hall–Kier alpha value is -3.24. The number of hydrogen-bond donors (Lipinski definition) is 2. The molecule has 0 saturated heterocycles. The minimum Gasteiger partial charge on any atom is -0.508 e. The number of phenolic OH excluding ortho intramolecular Hbond substituents is 1. The molecule has 146 valence electrons. The highest BCUT2D eigenvalue weighted by Gasteiger charge is 2.33. The number of nitrogens with one attached hydrogen (secondary N) is 1. The standard InChI is InChI=1S/C25H24N2O2/c1-29-23-12-5-3-10-21(23)25-24-20(19-9-2-4-11-22(19)26-24)13-14-27(25)16-17-7-6-8-18(28)15-17/h2-12,15,25-26,28H,13-14,16H2,1H3/t25-/m0/s1. The number of ether oxygens (including phenoxy) is 1. The van der Waals surface area contributed by atoms with Gasteiger partial charge in [-0.15, -0.1) is 0 Å². The van der Waals surface area contributed by atoms with E-state index in [1.807, 2.05) is 24.3 Å². The molecule has 29 heavy (non-hydrogen) atoms. The summed E-state index contributed by atoms with van der Waals surface area (Å²) in [4.78, 5) is 6.16. The summed E-state index contributed by atoms with van der Waals surface area (Å²) in [6, 6.07) is 24.4.